The number of amides is 1. The normalized spacial score (nSPS) is 10.7. The maximum Gasteiger partial charge on any atom is 0.351 e. The van der Waals surface area contributed by atoms with Gasteiger partial charge >= 0.3 is 5.69 Å². The molecule has 7 nitrogen and oxygen atoms in total. The van der Waals surface area contributed by atoms with Crippen LogP contribution in [-0.2, 0) is 13.5 Å². The summed E-state index contributed by atoms with van der Waals surface area (Å²) >= 11 is 0. The van der Waals surface area contributed by atoms with Gasteiger partial charge in [0.25, 0.3) is 11.5 Å². The summed E-state index contributed by atoms with van der Waals surface area (Å²) in [5, 5.41) is 6.74. The number of rotatable bonds is 5. The molecule has 3 rings (SSSR count). The van der Waals surface area contributed by atoms with Gasteiger partial charge in [-0.25, -0.2) is 4.79 Å². The molecule has 0 atom stereocenters. The number of nitrogens with one attached hydrogen (secondary N) is 1. The number of hydrogen-bond donors (Lipinski definition) is 1. The zero-order chi connectivity index (χ0) is 20.3. The molecule has 0 radical (unpaired) electrons. The molecule has 1 heterocycles. The van der Waals surface area contributed by atoms with Crippen molar-refractivity contribution in [1.29, 1.82) is 0 Å². The highest BCUT2D eigenvalue weighted by atomic mass is 16.2. The van der Waals surface area contributed by atoms with E-state index in [1.807, 2.05) is 50.2 Å². The Morgan fingerprint density at radius 2 is 1.54 bits per heavy atom. The molecule has 7 heteroatoms. The van der Waals surface area contributed by atoms with E-state index in [-0.39, 0.29) is 5.69 Å². The third kappa shape index (κ3) is 4.09. The largest absolute Gasteiger partial charge is 0.351 e. The van der Waals surface area contributed by atoms with Crippen molar-refractivity contribution in [2.24, 2.45) is 7.05 Å². The molecule has 0 aliphatic rings. The van der Waals surface area contributed by atoms with Crippen LogP contribution in [0.3, 0.4) is 0 Å². The molecule has 0 saturated carbocycles. The second-order valence-electron chi connectivity index (χ2n) is 6.73. The zero-order valence-corrected chi connectivity index (χ0v) is 16.1. The Morgan fingerprint density at radius 1 is 0.964 bits per heavy atom. The molecule has 0 bridgehead atoms. The fourth-order valence-electron chi connectivity index (χ4n) is 2.73. The van der Waals surface area contributed by atoms with Crippen LogP contribution in [0.4, 0.5) is 0 Å². The smallest absolute Gasteiger partial charge is 0.350 e. The Kier molecular flexibility index (Phi) is 5.54. The average Bonchev–Trinajstić information content (AvgIpc) is 2.69. The van der Waals surface area contributed by atoms with Gasteiger partial charge in [-0.05, 0) is 38.0 Å². The van der Waals surface area contributed by atoms with Crippen molar-refractivity contribution < 1.29 is 4.79 Å². The Balaban J connectivity index is 1.83. The van der Waals surface area contributed by atoms with Crippen LogP contribution >= 0.6 is 0 Å². The standard InChI is InChI=1S/C21H22N4O3/c1-14-4-8-16(9-5-14)12-13-22-19(26)18-20(27)24(3)21(28)25(23-18)17-10-6-15(2)7-11-17/h4-11H,12-13H2,1-3H3,(H,22,26). The van der Waals surface area contributed by atoms with Gasteiger partial charge in [-0.15, -0.1) is 0 Å². The van der Waals surface area contributed by atoms with E-state index in [9.17, 15) is 14.4 Å². The highest BCUT2D eigenvalue weighted by Crippen LogP contribution is 2.06. The van der Waals surface area contributed by atoms with E-state index in [1.54, 1.807) is 12.1 Å². The third-order valence-corrected chi connectivity index (χ3v) is 4.49. The minimum absolute atomic E-state index is 0.313. The topological polar surface area (TPSA) is 86.0 Å². The van der Waals surface area contributed by atoms with Crippen LogP contribution in [0.5, 0.6) is 0 Å². The van der Waals surface area contributed by atoms with Gasteiger partial charge in [0.2, 0.25) is 5.69 Å². The van der Waals surface area contributed by atoms with Crippen LogP contribution in [0.1, 0.15) is 27.2 Å². The van der Waals surface area contributed by atoms with Crippen molar-refractivity contribution in [3.63, 3.8) is 0 Å². The van der Waals surface area contributed by atoms with Crippen molar-refractivity contribution >= 4 is 5.91 Å². The van der Waals surface area contributed by atoms with Gasteiger partial charge in [0.1, 0.15) is 0 Å². The fraction of sp³-hybridized carbons (Fsp3) is 0.238. The Hall–Kier alpha value is -3.48. The quantitative estimate of drug-likeness (QED) is 0.729. The first-order valence-corrected chi connectivity index (χ1v) is 8.98. The highest BCUT2D eigenvalue weighted by Gasteiger charge is 2.18. The summed E-state index contributed by atoms with van der Waals surface area (Å²) in [6, 6.07) is 15.1. The number of carbonyl (C=O) groups excluding carboxylic acids is 1. The lowest BCUT2D eigenvalue weighted by molar-refractivity contribution is 0.0944. The molecule has 0 saturated heterocycles. The van der Waals surface area contributed by atoms with Crippen LogP contribution in [0.2, 0.25) is 0 Å². The van der Waals surface area contributed by atoms with Gasteiger partial charge in [0, 0.05) is 13.6 Å². The summed E-state index contributed by atoms with van der Waals surface area (Å²) < 4.78 is 1.96. The summed E-state index contributed by atoms with van der Waals surface area (Å²) in [6.45, 7) is 4.29. The number of nitrogens with zero attached hydrogens (tertiary/aromatic N) is 3. The molecule has 0 aliphatic carbocycles. The van der Waals surface area contributed by atoms with E-state index < -0.39 is 17.2 Å². The summed E-state index contributed by atoms with van der Waals surface area (Å²) in [5.41, 5.74) is 2.11. The van der Waals surface area contributed by atoms with E-state index >= 15 is 0 Å². The first-order chi connectivity index (χ1) is 13.4. The van der Waals surface area contributed by atoms with Gasteiger partial charge in [-0.1, -0.05) is 47.5 Å². The lowest BCUT2D eigenvalue weighted by Gasteiger charge is -2.10. The first kappa shape index (κ1) is 19.3. The minimum atomic E-state index is -0.721. The summed E-state index contributed by atoms with van der Waals surface area (Å²) in [6.07, 6.45) is 0.629. The predicted molar refractivity (Wildman–Crippen MR) is 107 cm³/mol. The number of hydrogen-bond acceptors (Lipinski definition) is 4. The van der Waals surface area contributed by atoms with Crippen LogP contribution in [0.25, 0.3) is 5.69 Å². The first-order valence-electron chi connectivity index (χ1n) is 8.98. The molecular weight excluding hydrogens is 356 g/mol. The summed E-state index contributed by atoms with van der Waals surface area (Å²) in [7, 11) is 1.33. The molecule has 1 N–H and O–H groups in total. The Bertz CT molecular complexity index is 1110. The molecule has 1 aromatic heterocycles. The van der Waals surface area contributed by atoms with Crippen molar-refractivity contribution in [3.8, 4) is 5.69 Å². The van der Waals surface area contributed by atoms with E-state index in [1.165, 1.54) is 12.6 Å². The van der Waals surface area contributed by atoms with Crippen LogP contribution < -0.4 is 16.6 Å². The van der Waals surface area contributed by atoms with Crippen LogP contribution in [-0.4, -0.2) is 26.8 Å². The SMILES string of the molecule is Cc1ccc(CCNC(=O)c2nn(-c3ccc(C)cc3)c(=O)n(C)c2=O)cc1. The van der Waals surface area contributed by atoms with E-state index in [2.05, 4.69) is 10.4 Å². The van der Waals surface area contributed by atoms with E-state index in [0.717, 1.165) is 20.4 Å². The number of benzene rings is 2. The second kappa shape index (κ2) is 8.04. The molecule has 28 heavy (non-hydrogen) atoms. The highest BCUT2D eigenvalue weighted by molar-refractivity contribution is 5.91. The Morgan fingerprint density at radius 3 is 2.14 bits per heavy atom. The second-order valence-corrected chi connectivity index (χ2v) is 6.73. The van der Waals surface area contributed by atoms with Gasteiger partial charge in [0.05, 0.1) is 5.69 Å². The van der Waals surface area contributed by atoms with Crippen LogP contribution in [0.15, 0.2) is 58.1 Å². The lowest BCUT2D eigenvalue weighted by atomic mass is 10.1. The molecule has 0 aliphatic heterocycles. The van der Waals surface area contributed by atoms with Gasteiger partial charge < -0.3 is 5.32 Å². The lowest BCUT2D eigenvalue weighted by Crippen LogP contribution is -2.44. The average molecular weight is 378 g/mol. The third-order valence-electron chi connectivity index (χ3n) is 4.49. The number of carbonyl (C=O) groups is 1. The van der Waals surface area contributed by atoms with E-state index in [4.69, 9.17) is 0 Å². The van der Waals surface area contributed by atoms with Gasteiger partial charge in [-0.2, -0.15) is 9.78 Å². The van der Waals surface area contributed by atoms with E-state index in [0.29, 0.717) is 18.7 Å². The monoisotopic (exact) mass is 378 g/mol. The maximum absolute atomic E-state index is 12.5. The van der Waals surface area contributed by atoms with Crippen molar-refractivity contribution in [2.45, 2.75) is 20.3 Å². The molecule has 2 aromatic carbocycles. The summed E-state index contributed by atoms with van der Waals surface area (Å²) in [4.78, 5) is 37.3. The molecule has 1 amide bonds. The van der Waals surface area contributed by atoms with Gasteiger partial charge in [-0.3, -0.25) is 14.2 Å². The molecule has 0 fully saturated rings. The zero-order valence-electron chi connectivity index (χ0n) is 16.1. The molecule has 0 spiro atoms. The van der Waals surface area contributed by atoms with Crippen molar-refractivity contribution in [1.82, 2.24) is 19.7 Å². The fourth-order valence-corrected chi connectivity index (χ4v) is 2.73. The Labute approximate surface area is 162 Å². The predicted octanol–water partition coefficient (Wildman–Crippen LogP) is 1.52. The van der Waals surface area contributed by atoms with Crippen molar-refractivity contribution in [2.75, 3.05) is 6.54 Å². The van der Waals surface area contributed by atoms with Gasteiger partial charge in [0.15, 0.2) is 0 Å². The molecular formula is C21H22N4O3. The van der Waals surface area contributed by atoms with Crippen molar-refractivity contribution in [3.05, 3.63) is 91.8 Å². The molecule has 0 unspecified atom stereocenters. The minimum Gasteiger partial charge on any atom is -0.350 e. The number of aromatic nitrogens is 3. The molecule has 144 valence electrons. The van der Waals surface area contributed by atoms with Crippen LogP contribution in [0, 0.1) is 13.8 Å². The summed E-state index contributed by atoms with van der Waals surface area (Å²) in [5.74, 6) is -0.603. The maximum atomic E-state index is 12.5. The number of aryl methyl sites for hydroxylation is 2. The molecule has 3 aromatic rings.